The van der Waals surface area contributed by atoms with Crippen molar-refractivity contribution >= 4 is 55.5 Å². The van der Waals surface area contributed by atoms with E-state index >= 15 is 0 Å². The number of hydrogen-bond acceptors (Lipinski definition) is 7. The zero-order chi connectivity index (χ0) is 23.3. The van der Waals surface area contributed by atoms with Gasteiger partial charge in [-0.05, 0) is 74.5 Å². The minimum absolute atomic E-state index is 0.293. The van der Waals surface area contributed by atoms with Crippen molar-refractivity contribution in [1.29, 1.82) is 0 Å². The Hall–Kier alpha value is -2.45. The monoisotopic (exact) mass is 483 g/mol. The molecule has 0 fully saturated rings. The van der Waals surface area contributed by atoms with Gasteiger partial charge < -0.3 is 15.8 Å². The average Bonchev–Trinajstić information content (AvgIpc) is 3.29. The van der Waals surface area contributed by atoms with Crippen LogP contribution in [0.25, 0.3) is 10.2 Å². The largest absolute Gasteiger partial charge is 0.462 e. The molecule has 1 amide bonds. The van der Waals surface area contributed by atoms with Crippen molar-refractivity contribution < 1.29 is 14.3 Å². The molecular formula is C25H29N3O3S2. The van der Waals surface area contributed by atoms with E-state index in [2.05, 4.69) is 25.2 Å². The first kappa shape index (κ1) is 22.3. The number of rotatable bonds is 4. The standard InChI is InChI=1S/C25H29N3O3S2/c1-4-31-25(30)19-15-7-5-13(3)10-18(15)32-24(19)28-22(29)21-20(26)16-11-14-9-12(2)6-8-17(14)27-23(16)33-21/h11-13H,4-10,26H2,1-3H3,(H,28,29). The van der Waals surface area contributed by atoms with Crippen molar-refractivity contribution in [3.8, 4) is 0 Å². The third kappa shape index (κ3) is 4.04. The van der Waals surface area contributed by atoms with Crippen LogP contribution in [0.2, 0.25) is 0 Å². The number of nitrogens with zero attached hydrogens (tertiary/aromatic N) is 1. The van der Waals surface area contributed by atoms with Crippen LogP contribution in [-0.2, 0) is 30.4 Å². The van der Waals surface area contributed by atoms with E-state index in [1.807, 2.05) is 0 Å². The number of nitrogen functional groups attached to an aromatic ring is 1. The zero-order valence-electron chi connectivity index (χ0n) is 19.2. The number of aryl methyl sites for hydroxylation is 1. The van der Waals surface area contributed by atoms with Crippen molar-refractivity contribution in [2.75, 3.05) is 17.7 Å². The van der Waals surface area contributed by atoms with Gasteiger partial charge in [-0.1, -0.05) is 13.8 Å². The van der Waals surface area contributed by atoms with Crippen LogP contribution in [0.3, 0.4) is 0 Å². The Balaban J connectivity index is 1.50. The number of nitrogens with two attached hydrogens (primary N) is 1. The number of pyridine rings is 1. The van der Waals surface area contributed by atoms with Crippen LogP contribution in [0.1, 0.15) is 75.3 Å². The van der Waals surface area contributed by atoms with Crippen molar-refractivity contribution in [2.24, 2.45) is 11.8 Å². The number of ether oxygens (including phenoxy) is 1. The molecular weight excluding hydrogens is 454 g/mol. The summed E-state index contributed by atoms with van der Waals surface area (Å²) >= 11 is 2.82. The molecule has 0 aromatic carbocycles. The van der Waals surface area contributed by atoms with Gasteiger partial charge in [-0.2, -0.15) is 0 Å². The van der Waals surface area contributed by atoms with Crippen molar-refractivity contribution in [2.45, 2.75) is 59.3 Å². The highest BCUT2D eigenvalue weighted by Gasteiger charge is 2.30. The highest BCUT2D eigenvalue weighted by molar-refractivity contribution is 7.21. The molecule has 6 nitrogen and oxygen atoms in total. The van der Waals surface area contributed by atoms with Crippen LogP contribution in [0.4, 0.5) is 10.7 Å². The van der Waals surface area contributed by atoms with Gasteiger partial charge in [-0.15, -0.1) is 22.7 Å². The highest BCUT2D eigenvalue weighted by atomic mass is 32.1. The fraction of sp³-hybridized carbons (Fsp3) is 0.480. The third-order valence-electron chi connectivity index (χ3n) is 6.76. The molecule has 2 aliphatic carbocycles. The van der Waals surface area contributed by atoms with E-state index in [1.54, 1.807) is 6.92 Å². The summed E-state index contributed by atoms with van der Waals surface area (Å²) in [7, 11) is 0. The number of anilines is 2. The Bertz CT molecular complexity index is 1260. The molecule has 0 saturated carbocycles. The Kier molecular flexibility index (Phi) is 5.91. The molecule has 0 saturated heterocycles. The third-order valence-corrected chi connectivity index (χ3v) is 9.04. The summed E-state index contributed by atoms with van der Waals surface area (Å²) in [6.45, 7) is 6.56. The van der Waals surface area contributed by atoms with Gasteiger partial charge in [0.05, 0.1) is 17.9 Å². The molecule has 0 aliphatic heterocycles. The van der Waals surface area contributed by atoms with Gasteiger partial charge in [0.2, 0.25) is 0 Å². The Morgan fingerprint density at radius 3 is 2.73 bits per heavy atom. The van der Waals surface area contributed by atoms with Gasteiger partial charge in [-0.3, -0.25) is 4.79 Å². The fourth-order valence-corrected chi connectivity index (χ4v) is 7.34. The molecule has 0 spiro atoms. The summed E-state index contributed by atoms with van der Waals surface area (Å²) in [4.78, 5) is 33.4. The number of carbonyl (C=O) groups is 2. The van der Waals surface area contributed by atoms with E-state index in [-0.39, 0.29) is 11.9 Å². The van der Waals surface area contributed by atoms with Gasteiger partial charge in [-0.25, -0.2) is 9.78 Å². The molecule has 2 unspecified atom stereocenters. The lowest BCUT2D eigenvalue weighted by Crippen LogP contribution is -2.16. The number of aromatic nitrogens is 1. The summed E-state index contributed by atoms with van der Waals surface area (Å²) in [5.74, 6) is 0.535. The van der Waals surface area contributed by atoms with Crippen LogP contribution in [0, 0.1) is 11.8 Å². The maximum absolute atomic E-state index is 13.3. The molecule has 0 bridgehead atoms. The van der Waals surface area contributed by atoms with Gasteiger partial charge in [0.1, 0.15) is 14.7 Å². The van der Waals surface area contributed by atoms with E-state index in [0.717, 1.165) is 60.0 Å². The first-order chi connectivity index (χ1) is 15.9. The topological polar surface area (TPSA) is 94.3 Å². The lowest BCUT2D eigenvalue weighted by Gasteiger charge is -2.20. The number of hydrogen-bond donors (Lipinski definition) is 2. The Labute approximate surface area is 201 Å². The van der Waals surface area contributed by atoms with E-state index in [1.165, 1.54) is 33.1 Å². The first-order valence-electron chi connectivity index (χ1n) is 11.7. The number of esters is 1. The number of thiophene rings is 2. The molecule has 3 aromatic heterocycles. The molecule has 0 radical (unpaired) electrons. The van der Waals surface area contributed by atoms with Gasteiger partial charge >= 0.3 is 5.97 Å². The minimum atomic E-state index is -0.368. The van der Waals surface area contributed by atoms with Crippen LogP contribution < -0.4 is 11.1 Å². The molecule has 174 valence electrons. The number of fused-ring (bicyclic) bond motifs is 3. The average molecular weight is 484 g/mol. The number of nitrogens with one attached hydrogen (secondary N) is 1. The predicted molar refractivity (Wildman–Crippen MR) is 135 cm³/mol. The quantitative estimate of drug-likeness (QED) is 0.470. The van der Waals surface area contributed by atoms with Gasteiger partial charge in [0, 0.05) is 16.0 Å². The van der Waals surface area contributed by atoms with Crippen LogP contribution >= 0.6 is 22.7 Å². The van der Waals surface area contributed by atoms with Crippen molar-refractivity contribution in [1.82, 2.24) is 4.98 Å². The van der Waals surface area contributed by atoms with E-state index in [0.29, 0.717) is 39.6 Å². The maximum atomic E-state index is 13.3. The van der Waals surface area contributed by atoms with E-state index < -0.39 is 0 Å². The maximum Gasteiger partial charge on any atom is 0.341 e. The van der Waals surface area contributed by atoms with E-state index in [9.17, 15) is 9.59 Å². The zero-order valence-corrected chi connectivity index (χ0v) is 20.9. The molecule has 3 heterocycles. The van der Waals surface area contributed by atoms with Gasteiger partial charge in [0.15, 0.2) is 0 Å². The molecule has 2 atom stereocenters. The second kappa shape index (κ2) is 8.72. The fourth-order valence-electron chi connectivity index (χ4n) is 4.96. The Morgan fingerprint density at radius 1 is 1.18 bits per heavy atom. The minimum Gasteiger partial charge on any atom is -0.462 e. The number of amides is 1. The predicted octanol–water partition coefficient (Wildman–Crippen LogP) is 5.62. The Morgan fingerprint density at radius 2 is 1.94 bits per heavy atom. The molecule has 8 heteroatoms. The SMILES string of the molecule is CCOC(=O)c1c(NC(=O)c2sc3nc4c(cc3c2N)CC(C)CC4)sc2c1CCC(C)C2. The smallest absolute Gasteiger partial charge is 0.341 e. The molecule has 3 N–H and O–H groups in total. The highest BCUT2D eigenvalue weighted by Crippen LogP contribution is 2.41. The lowest BCUT2D eigenvalue weighted by atomic mass is 9.87. The van der Waals surface area contributed by atoms with Crippen molar-refractivity contribution in [3.63, 3.8) is 0 Å². The summed E-state index contributed by atoms with van der Waals surface area (Å²) in [5.41, 5.74) is 10.8. The first-order valence-corrected chi connectivity index (χ1v) is 13.3. The molecule has 3 aromatic rings. The lowest BCUT2D eigenvalue weighted by molar-refractivity contribution is 0.0526. The second-order valence-corrected chi connectivity index (χ2v) is 11.5. The van der Waals surface area contributed by atoms with Crippen LogP contribution in [0.15, 0.2) is 6.07 Å². The molecule has 33 heavy (non-hydrogen) atoms. The summed E-state index contributed by atoms with van der Waals surface area (Å²) in [6.07, 6.45) is 5.88. The second-order valence-electron chi connectivity index (χ2n) is 9.37. The van der Waals surface area contributed by atoms with Crippen molar-refractivity contribution in [3.05, 3.63) is 38.2 Å². The summed E-state index contributed by atoms with van der Waals surface area (Å²) in [6, 6.07) is 2.12. The van der Waals surface area contributed by atoms with E-state index in [4.69, 9.17) is 15.5 Å². The molecule has 2 aliphatic rings. The number of carbonyl (C=O) groups excluding carboxylic acids is 2. The molecule has 5 rings (SSSR count). The summed E-state index contributed by atoms with van der Waals surface area (Å²) in [5, 5.41) is 4.41. The normalized spacial score (nSPS) is 19.7. The van der Waals surface area contributed by atoms with Crippen LogP contribution in [-0.4, -0.2) is 23.5 Å². The van der Waals surface area contributed by atoms with Crippen LogP contribution in [0.5, 0.6) is 0 Å². The summed E-state index contributed by atoms with van der Waals surface area (Å²) < 4.78 is 5.33. The van der Waals surface area contributed by atoms with Gasteiger partial charge in [0.25, 0.3) is 5.91 Å².